The number of nitrogens with zero attached hydrogens (tertiary/aromatic N) is 4. The summed E-state index contributed by atoms with van der Waals surface area (Å²) >= 11 is 0. The zero-order valence-corrected chi connectivity index (χ0v) is 33.3. The van der Waals surface area contributed by atoms with E-state index in [1.165, 1.54) is 32.3 Å². The van der Waals surface area contributed by atoms with Crippen molar-refractivity contribution in [3.05, 3.63) is 206 Å². The first-order valence-corrected chi connectivity index (χ1v) is 20.9. The summed E-state index contributed by atoms with van der Waals surface area (Å²) in [6.07, 6.45) is 0. The first-order valence-electron chi connectivity index (χ1n) is 20.9. The molecule has 5 nitrogen and oxygen atoms in total. The predicted molar refractivity (Wildman–Crippen MR) is 256 cm³/mol. The molecule has 13 aromatic rings. The van der Waals surface area contributed by atoms with Crippen LogP contribution in [0.5, 0.6) is 0 Å². The highest BCUT2D eigenvalue weighted by atomic mass is 16.3. The first-order chi connectivity index (χ1) is 30.7. The van der Waals surface area contributed by atoms with Gasteiger partial charge >= 0.3 is 0 Å². The van der Waals surface area contributed by atoms with E-state index in [1.54, 1.807) is 0 Å². The van der Waals surface area contributed by atoms with E-state index in [9.17, 15) is 0 Å². The molecule has 0 aliphatic rings. The van der Waals surface area contributed by atoms with Gasteiger partial charge in [-0.05, 0) is 86.9 Å². The topological polar surface area (TPSA) is 56.7 Å². The van der Waals surface area contributed by atoms with E-state index in [1.807, 2.05) is 12.1 Å². The fourth-order valence-corrected chi connectivity index (χ4v) is 9.38. The van der Waals surface area contributed by atoms with Crippen molar-refractivity contribution in [2.75, 3.05) is 0 Å². The van der Waals surface area contributed by atoms with Crippen molar-refractivity contribution >= 4 is 76.1 Å². The molecule has 0 radical (unpaired) electrons. The van der Waals surface area contributed by atoms with Gasteiger partial charge in [-0.15, -0.1) is 0 Å². The minimum atomic E-state index is 0.587. The second-order valence-electron chi connectivity index (χ2n) is 16.0. The molecule has 0 unspecified atom stereocenters. The summed E-state index contributed by atoms with van der Waals surface area (Å²) < 4.78 is 9.17. The average molecular weight is 791 g/mol. The van der Waals surface area contributed by atoms with Crippen LogP contribution in [-0.4, -0.2) is 19.5 Å². The number of hydrogen-bond acceptors (Lipinski definition) is 4. The van der Waals surface area contributed by atoms with Crippen molar-refractivity contribution in [3.8, 4) is 51.0 Å². The molecule has 0 spiro atoms. The minimum absolute atomic E-state index is 0.587. The molecule has 0 atom stereocenters. The molecule has 62 heavy (non-hydrogen) atoms. The maximum absolute atomic E-state index is 6.76. The summed E-state index contributed by atoms with van der Waals surface area (Å²) in [4.78, 5) is 15.7. The number of rotatable bonds is 5. The Balaban J connectivity index is 1.10. The van der Waals surface area contributed by atoms with Crippen molar-refractivity contribution in [3.63, 3.8) is 0 Å². The van der Waals surface area contributed by atoms with Gasteiger partial charge in [-0.3, -0.25) is 0 Å². The largest absolute Gasteiger partial charge is 0.455 e. The fraction of sp³-hybridized carbons (Fsp3) is 0. The average Bonchev–Trinajstić information content (AvgIpc) is 3.88. The Morgan fingerprint density at radius 3 is 1.52 bits per heavy atom. The van der Waals surface area contributed by atoms with Crippen LogP contribution in [0.25, 0.3) is 127 Å². The van der Waals surface area contributed by atoms with Gasteiger partial charge < -0.3 is 8.98 Å². The lowest BCUT2D eigenvalue weighted by Crippen LogP contribution is -2.02. The van der Waals surface area contributed by atoms with Crippen LogP contribution in [0.3, 0.4) is 0 Å². The smallest absolute Gasteiger partial charge is 0.164 e. The van der Waals surface area contributed by atoms with Crippen LogP contribution in [0.2, 0.25) is 0 Å². The molecule has 0 amide bonds. The maximum atomic E-state index is 6.76. The maximum Gasteiger partial charge on any atom is 0.164 e. The van der Waals surface area contributed by atoms with Crippen LogP contribution in [-0.2, 0) is 0 Å². The van der Waals surface area contributed by atoms with E-state index in [-0.39, 0.29) is 0 Å². The minimum Gasteiger partial charge on any atom is -0.455 e. The van der Waals surface area contributed by atoms with Crippen molar-refractivity contribution in [2.45, 2.75) is 0 Å². The van der Waals surface area contributed by atoms with Crippen LogP contribution in [0.4, 0.5) is 0 Å². The second kappa shape index (κ2) is 13.6. The fourth-order valence-electron chi connectivity index (χ4n) is 9.38. The van der Waals surface area contributed by atoms with Gasteiger partial charge in [0.1, 0.15) is 11.2 Å². The SMILES string of the molecule is c1ccc2cc(-c3nc(-c4ccc(-n5c6ccccc6c6cc7ccccc7cc65)c(-c5cccc6c5oc5ccccc56)c4)nc(-c4ccc5ccccc5c4)n3)ccc2c1. The lowest BCUT2D eigenvalue weighted by molar-refractivity contribution is 0.670. The highest BCUT2D eigenvalue weighted by Crippen LogP contribution is 2.43. The Morgan fingerprint density at radius 1 is 0.323 bits per heavy atom. The summed E-state index contributed by atoms with van der Waals surface area (Å²) in [5.74, 6) is 1.82. The van der Waals surface area contributed by atoms with E-state index in [4.69, 9.17) is 19.4 Å². The van der Waals surface area contributed by atoms with Crippen LogP contribution in [0.1, 0.15) is 0 Å². The molecule has 0 fully saturated rings. The molecule has 13 rings (SSSR count). The van der Waals surface area contributed by atoms with Crippen LogP contribution in [0, 0.1) is 0 Å². The molecule has 0 aliphatic heterocycles. The summed E-state index contributed by atoms with van der Waals surface area (Å²) in [7, 11) is 0. The molecule has 0 aliphatic carbocycles. The third-order valence-electron chi connectivity index (χ3n) is 12.4. The Bertz CT molecular complexity index is 3850. The molecule has 0 bridgehead atoms. The van der Waals surface area contributed by atoms with Crippen LogP contribution >= 0.6 is 0 Å². The van der Waals surface area contributed by atoms with Crippen molar-refractivity contribution < 1.29 is 4.42 Å². The molecule has 288 valence electrons. The highest BCUT2D eigenvalue weighted by molar-refractivity contribution is 6.15. The molecular formula is C57H34N4O. The lowest BCUT2D eigenvalue weighted by Gasteiger charge is -2.17. The van der Waals surface area contributed by atoms with Gasteiger partial charge in [0, 0.05) is 49.4 Å². The number of aromatic nitrogens is 4. The summed E-state index contributed by atoms with van der Waals surface area (Å²) in [5.41, 5.74) is 9.69. The van der Waals surface area contributed by atoms with E-state index < -0.39 is 0 Å². The van der Waals surface area contributed by atoms with Crippen molar-refractivity contribution in [1.82, 2.24) is 19.5 Å². The van der Waals surface area contributed by atoms with Gasteiger partial charge in [0.2, 0.25) is 0 Å². The van der Waals surface area contributed by atoms with Gasteiger partial charge in [-0.2, -0.15) is 0 Å². The van der Waals surface area contributed by atoms with Crippen LogP contribution < -0.4 is 0 Å². The third-order valence-corrected chi connectivity index (χ3v) is 12.4. The summed E-state index contributed by atoms with van der Waals surface area (Å²) in [5, 5.41) is 11.5. The molecule has 5 heteroatoms. The normalized spacial score (nSPS) is 11.9. The quantitative estimate of drug-likeness (QED) is 0.174. The molecule has 10 aromatic carbocycles. The van der Waals surface area contributed by atoms with Gasteiger partial charge in [0.15, 0.2) is 17.5 Å². The Kier molecular flexibility index (Phi) is 7.54. The van der Waals surface area contributed by atoms with E-state index in [0.29, 0.717) is 17.5 Å². The summed E-state index contributed by atoms with van der Waals surface area (Å²) in [6, 6.07) is 72.9. The van der Waals surface area contributed by atoms with Crippen molar-refractivity contribution in [2.24, 2.45) is 0 Å². The number of fused-ring (bicyclic) bond motifs is 9. The molecule has 3 heterocycles. The zero-order valence-electron chi connectivity index (χ0n) is 33.3. The van der Waals surface area contributed by atoms with Gasteiger partial charge in [0.25, 0.3) is 0 Å². The lowest BCUT2D eigenvalue weighted by atomic mass is 9.97. The number of hydrogen-bond donors (Lipinski definition) is 0. The van der Waals surface area contributed by atoms with E-state index in [0.717, 1.165) is 77.2 Å². The number of para-hydroxylation sites is 3. The van der Waals surface area contributed by atoms with Crippen molar-refractivity contribution in [1.29, 1.82) is 0 Å². The Morgan fingerprint density at radius 2 is 0.839 bits per heavy atom. The van der Waals surface area contributed by atoms with Gasteiger partial charge in [-0.25, -0.2) is 15.0 Å². The molecule has 3 aromatic heterocycles. The Labute approximate surface area is 355 Å². The second-order valence-corrected chi connectivity index (χ2v) is 16.0. The standard InChI is InChI=1S/C57H34N4O/c1-3-14-37-30-41(26-24-35(37)12-1)55-58-56(42-27-25-36-13-2-4-15-38(36)31-42)60-57(59-55)43-28-29-51(49(33-43)47-21-11-20-46-45-19-8-10-23-53(45)62-54(46)47)61-50-22-9-7-18-44(50)48-32-39-16-5-6-17-40(39)34-52(48)61/h1-34H. The molecule has 0 N–H and O–H groups in total. The van der Waals surface area contributed by atoms with Crippen LogP contribution in [0.15, 0.2) is 211 Å². The van der Waals surface area contributed by atoms with Gasteiger partial charge in [0.05, 0.1) is 16.7 Å². The Hall–Kier alpha value is -8.41. The summed E-state index contributed by atoms with van der Waals surface area (Å²) in [6.45, 7) is 0. The molecule has 0 saturated heterocycles. The van der Waals surface area contributed by atoms with Gasteiger partial charge in [-0.1, -0.05) is 152 Å². The number of furan rings is 1. The van der Waals surface area contributed by atoms with E-state index in [2.05, 4.69) is 199 Å². The van der Waals surface area contributed by atoms with E-state index >= 15 is 0 Å². The molecular weight excluding hydrogens is 757 g/mol. The highest BCUT2D eigenvalue weighted by Gasteiger charge is 2.22. The number of benzene rings is 10. The zero-order chi connectivity index (χ0) is 40.7. The first kappa shape index (κ1) is 34.5. The monoisotopic (exact) mass is 790 g/mol. The molecule has 0 saturated carbocycles. The third kappa shape index (κ3) is 5.45. The predicted octanol–water partition coefficient (Wildman–Crippen LogP) is 15.0.